The Balaban J connectivity index is 2.08. The summed E-state index contributed by atoms with van der Waals surface area (Å²) >= 11 is 0. The van der Waals surface area contributed by atoms with E-state index in [-0.39, 0.29) is 23.1 Å². The molecule has 2 amide bonds. The zero-order valence-electron chi connectivity index (χ0n) is 14.2. The van der Waals surface area contributed by atoms with E-state index in [1.165, 1.54) is 23.2 Å². The van der Waals surface area contributed by atoms with Gasteiger partial charge in [-0.3, -0.25) is 19.9 Å². The molecule has 130 valence electrons. The highest BCUT2D eigenvalue weighted by molar-refractivity contribution is 6.05. The smallest absolute Gasteiger partial charge is 0.271 e. The number of amides is 2. The summed E-state index contributed by atoms with van der Waals surface area (Å²) in [6.07, 6.45) is 1.31. The van der Waals surface area contributed by atoms with E-state index in [9.17, 15) is 9.59 Å². The first-order valence-corrected chi connectivity index (χ1v) is 7.38. The molecule has 2 aromatic rings. The van der Waals surface area contributed by atoms with Crippen molar-refractivity contribution in [2.75, 3.05) is 21.2 Å². The number of nitrogens with two attached hydrogens (primary N) is 1. The zero-order valence-corrected chi connectivity index (χ0v) is 14.2. The Bertz CT molecular complexity index is 800. The van der Waals surface area contributed by atoms with Gasteiger partial charge in [0.05, 0.1) is 18.4 Å². The lowest BCUT2D eigenvalue weighted by molar-refractivity contribution is 0.0821. The lowest BCUT2D eigenvalue weighted by Crippen LogP contribution is -2.36. The molecular formula is C17H19N5O3. The minimum atomic E-state index is -0.472. The topological polar surface area (TPSA) is 110 Å². The number of carbonyl (C=O) groups excluding carboxylic acids is 2. The maximum absolute atomic E-state index is 12.2. The Morgan fingerprint density at radius 1 is 1.24 bits per heavy atom. The van der Waals surface area contributed by atoms with Gasteiger partial charge in [-0.05, 0) is 24.3 Å². The molecule has 8 heteroatoms. The second-order valence-electron chi connectivity index (χ2n) is 5.28. The van der Waals surface area contributed by atoms with E-state index in [2.05, 4.69) is 15.3 Å². The molecule has 3 N–H and O–H groups in total. The number of guanidine groups is 1. The van der Waals surface area contributed by atoms with Crippen LogP contribution in [0.3, 0.4) is 0 Å². The largest absolute Gasteiger partial charge is 0.497 e. The maximum Gasteiger partial charge on any atom is 0.271 e. The number of nitrogens with one attached hydrogen (secondary N) is 1. The van der Waals surface area contributed by atoms with Crippen LogP contribution in [-0.4, -0.2) is 48.9 Å². The fourth-order valence-corrected chi connectivity index (χ4v) is 1.92. The third-order valence-corrected chi connectivity index (χ3v) is 3.20. The fraction of sp³-hybridized carbons (Fsp3) is 0.176. The van der Waals surface area contributed by atoms with Gasteiger partial charge in [0, 0.05) is 26.4 Å². The van der Waals surface area contributed by atoms with Crippen molar-refractivity contribution in [2.45, 2.75) is 0 Å². The Labute approximate surface area is 145 Å². The molecule has 1 aromatic carbocycles. The number of hydrogen-bond donors (Lipinski definition) is 2. The third-order valence-electron chi connectivity index (χ3n) is 3.20. The quantitative estimate of drug-likeness (QED) is 0.641. The van der Waals surface area contributed by atoms with Crippen molar-refractivity contribution in [1.29, 1.82) is 0 Å². The van der Waals surface area contributed by atoms with Crippen molar-refractivity contribution >= 4 is 23.5 Å². The predicted octanol–water partition coefficient (Wildman–Crippen LogP) is 1.17. The van der Waals surface area contributed by atoms with Crippen molar-refractivity contribution in [3.63, 3.8) is 0 Å². The van der Waals surface area contributed by atoms with Gasteiger partial charge >= 0.3 is 0 Å². The molecular weight excluding hydrogens is 322 g/mol. The summed E-state index contributed by atoms with van der Waals surface area (Å²) in [5.74, 6) is -0.149. The Morgan fingerprint density at radius 2 is 2.00 bits per heavy atom. The molecule has 25 heavy (non-hydrogen) atoms. The van der Waals surface area contributed by atoms with Gasteiger partial charge < -0.3 is 15.4 Å². The van der Waals surface area contributed by atoms with Crippen LogP contribution in [0.15, 0.2) is 47.6 Å². The molecule has 1 aromatic heterocycles. The lowest BCUT2D eigenvalue weighted by Gasteiger charge is -2.09. The number of nitrogens with zero attached hydrogens (tertiary/aromatic N) is 3. The molecule has 0 saturated carbocycles. The number of methoxy groups -OCH3 is 1. The molecule has 0 bridgehead atoms. The molecule has 0 aliphatic carbocycles. The van der Waals surface area contributed by atoms with Crippen molar-refractivity contribution in [2.24, 2.45) is 10.7 Å². The number of carbonyl (C=O) groups is 2. The molecule has 0 radical (unpaired) electrons. The summed E-state index contributed by atoms with van der Waals surface area (Å²) in [4.78, 5) is 33.4. The first kappa shape index (κ1) is 17.9. The van der Waals surface area contributed by atoms with E-state index in [0.29, 0.717) is 11.4 Å². The SMILES string of the molecule is COc1cccc(N=C(N)NC(=O)c2ccc(C(=O)N(C)C)nc2)c1. The van der Waals surface area contributed by atoms with Gasteiger partial charge in [0.25, 0.3) is 11.8 Å². The van der Waals surface area contributed by atoms with Crippen LogP contribution in [0.1, 0.15) is 20.8 Å². The molecule has 0 aliphatic heterocycles. The van der Waals surface area contributed by atoms with Gasteiger partial charge in [0.15, 0.2) is 0 Å². The molecule has 0 unspecified atom stereocenters. The highest BCUT2D eigenvalue weighted by Gasteiger charge is 2.12. The van der Waals surface area contributed by atoms with Gasteiger partial charge in [-0.1, -0.05) is 6.07 Å². The van der Waals surface area contributed by atoms with Gasteiger partial charge in [-0.2, -0.15) is 0 Å². The van der Waals surface area contributed by atoms with E-state index >= 15 is 0 Å². The van der Waals surface area contributed by atoms with E-state index < -0.39 is 5.91 Å². The summed E-state index contributed by atoms with van der Waals surface area (Å²) in [5.41, 5.74) is 6.81. The highest BCUT2D eigenvalue weighted by atomic mass is 16.5. The maximum atomic E-state index is 12.2. The van der Waals surface area contributed by atoms with Crippen LogP contribution in [0.2, 0.25) is 0 Å². The molecule has 2 rings (SSSR count). The summed E-state index contributed by atoms with van der Waals surface area (Å²) in [5, 5.41) is 2.47. The van der Waals surface area contributed by atoms with Crippen molar-refractivity contribution in [3.05, 3.63) is 53.9 Å². The van der Waals surface area contributed by atoms with Gasteiger partial charge in [-0.15, -0.1) is 0 Å². The fourth-order valence-electron chi connectivity index (χ4n) is 1.92. The van der Waals surface area contributed by atoms with Crippen molar-refractivity contribution in [1.82, 2.24) is 15.2 Å². The van der Waals surface area contributed by atoms with Crippen LogP contribution in [0, 0.1) is 0 Å². The van der Waals surface area contributed by atoms with Crippen LogP contribution in [0.5, 0.6) is 5.75 Å². The number of ether oxygens (including phenoxy) is 1. The second-order valence-corrected chi connectivity index (χ2v) is 5.28. The van der Waals surface area contributed by atoms with E-state index in [4.69, 9.17) is 10.5 Å². The van der Waals surface area contributed by atoms with Gasteiger partial charge in [-0.25, -0.2) is 4.99 Å². The van der Waals surface area contributed by atoms with Crippen LogP contribution in [0.4, 0.5) is 5.69 Å². The van der Waals surface area contributed by atoms with E-state index in [1.807, 2.05) is 0 Å². The first-order valence-electron chi connectivity index (χ1n) is 7.38. The first-order chi connectivity index (χ1) is 11.9. The number of pyridine rings is 1. The normalized spacial score (nSPS) is 10.9. The Morgan fingerprint density at radius 3 is 2.60 bits per heavy atom. The van der Waals surface area contributed by atoms with Crippen molar-refractivity contribution in [3.8, 4) is 5.75 Å². The number of rotatable bonds is 4. The van der Waals surface area contributed by atoms with Gasteiger partial charge in [0.1, 0.15) is 11.4 Å². The standard InChI is InChI=1S/C17H19N5O3/c1-22(2)16(24)14-8-7-11(10-19-14)15(23)21-17(18)20-12-5-4-6-13(9-12)25-3/h4-10H,1-3H3,(H3,18,20,21,23). The van der Waals surface area contributed by atoms with Crippen LogP contribution in [0.25, 0.3) is 0 Å². The highest BCUT2D eigenvalue weighted by Crippen LogP contribution is 2.19. The minimum absolute atomic E-state index is 0.0632. The summed E-state index contributed by atoms with van der Waals surface area (Å²) < 4.78 is 5.10. The second kappa shape index (κ2) is 7.91. The Kier molecular flexibility index (Phi) is 5.67. The summed E-state index contributed by atoms with van der Waals surface area (Å²) in [6.45, 7) is 0. The predicted molar refractivity (Wildman–Crippen MR) is 94.0 cm³/mol. The molecule has 0 aliphatic rings. The molecule has 0 saturated heterocycles. The minimum Gasteiger partial charge on any atom is -0.497 e. The molecule has 1 heterocycles. The third kappa shape index (κ3) is 4.77. The molecule has 0 atom stereocenters. The summed E-state index contributed by atoms with van der Waals surface area (Å²) in [7, 11) is 4.80. The number of aliphatic imine (C=N–C) groups is 1. The average molecular weight is 341 g/mol. The van der Waals surface area contributed by atoms with Crippen molar-refractivity contribution < 1.29 is 14.3 Å². The van der Waals surface area contributed by atoms with Crippen LogP contribution < -0.4 is 15.8 Å². The number of aromatic nitrogens is 1. The zero-order chi connectivity index (χ0) is 18.4. The van der Waals surface area contributed by atoms with E-state index in [1.54, 1.807) is 45.5 Å². The van der Waals surface area contributed by atoms with Crippen LogP contribution >= 0.6 is 0 Å². The van der Waals surface area contributed by atoms with E-state index in [0.717, 1.165) is 0 Å². The average Bonchev–Trinajstić information content (AvgIpc) is 2.61. The monoisotopic (exact) mass is 341 g/mol. The van der Waals surface area contributed by atoms with Crippen LogP contribution in [-0.2, 0) is 0 Å². The molecule has 0 fully saturated rings. The number of hydrogen-bond acceptors (Lipinski definition) is 5. The summed E-state index contributed by atoms with van der Waals surface area (Å²) in [6, 6.07) is 9.92. The number of benzene rings is 1. The molecule has 8 nitrogen and oxygen atoms in total. The van der Waals surface area contributed by atoms with Gasteiger partial charge in [0.2, 0.25) is 5.96 Å². The lowest BCUT2D eigenvalue weighted by atomic mass is 10.2. The Hall–Kier alpha value is -3.42. The molecule has 0 spiro atoms.